The molecule has 0 unspecified atom stereocenters. The molecule has 0 saturated carbocycles. The fourth-order valence-electron chi connectivity index (χ4n) is 2.56. The van der Waals surface area contributed by atoms with Gasteiger partial charge in [0, 0.05) is 6.42 Å². The van der Waals surface area contributed by atoms with Crippen LogP contribution in [0.3, 0.4) is 0 Å². The molecule has 0 amide bonds. The fraction of sp³-hybridized carbons (Fsp3) is 0.167. The molecule has 0 fully saturated rings. The quantitative estimate of drug-likeness (QED) is 0.529. The summed E-state index contributed by atoms with van der Waals surface area (Å²) in [6.45, 7) is 7.17. The molecule has 0 bridgehead atoms. The zero-order valence-electron chi connectivity index (χ0n) is 13.0. The van der Waals surface area contributed by atoms with Gasteiger partial charge in [0.25, 0.3) is 0 Å². The van der Waals surface area contributed by atoms with Gasteiger partial charge in [0.05, 0.1) is 8.07 Å². The number of benzene rings is 2. The monoisotopic (exact) mass is 423 g/mol. The Morgan fingerprint density at radius 1 is 0.909 bits per heavy atom. The Balaban J connectivity index is 0.000000545. The number of hydrogen-bond donors (Lipinski definition) is 0. The maximum absolute atomic E-state index is 4.93. The van der Waals surface area contributed by atoms with E-state index in [-0.39, 0.29) is 0 Å². The molecular weight excluding hydrogens is 406 g/mol. The van der Waals surface area contributed by atoms with Crippen LogP contribution in [-0.4, -0.2) is 8.07 Å². The molecule has 2 aromatic rings. The molecule has 113 valence electrons. The SMILES string of the molecule is C[Si](C)(C)c1ccc(-c2cccc3c2C=C[CH]3)cc1.[Cl][Zr][Cl]. The Bertz CT molecular complexity index is 658. The molecule has 0 atom stereocenters. The van der Waals surface area contributed by atoms with Crippen molar-refractivity contribution >= 4 is 36.4 Å². The Hall–Kier alpha value is -0.140. The van der Waals surface area contributed by atoms with Gasteiger partial charge in [-0.05, 0) is 22.3 Å². The summed E-state index contributed by atoms with van der Waals surface area (Å²) < 4.78 is 0. The van der Waals surface area contributed by atoms with Crippen molar-refractivity contribution in [2.75, 3.05) is 0 Å². The molecule has 22 heavy (non-hydrogen) atoms. The third-order valence-corrected chi connectivity index (χ3v) is 5.81. The summed E-state index contributed by atoms with van der Waals surface area (Å²) in [6, 6.07) is 15.7. The molecular formula is C18H19Cl2SiZr. The van der Waals surface area contributed by atoms with E-state index in [9.17, 15) is 0 Å². The molecule has 0 saturated heterocycles. The van der Waals surface area contributed by atoms with Crippen LogP contribution in [0.1, 0.15) is 11.1 Å². The zero-order chi connectivity index (χ0) is 16.2. The van der Waals surface area contributed by atoms with Gasteiger partial charge in [0.2, 0.25) is 0 Å². The second-order valence-corrected chi connectivity index (χ2v) is 15.0. The van der Waals surface area contributed by atoms with Crippen LogP contribution in [-0.2, 0) is 20.8 Å². The van der Waals surface area contributed by atoms with E-state index < -0.39 is 28.9 Å². The van der Waals surface area contributed by atoms with Gasteiger partial charge in [0.15, 0.2) is 0 Å². The van der Waals surface area contributed by atoms with Crippen molar-refractivity contribution in [3.8, 4) is 11.1 Å². The van der Waals surface area contributed by atoms with Crippen LogP contribution in [0.15, 0.2) is 48.5 Å². The Morgan fingerprint density at radius 2 is 1.55 bits per heavy atom. The summed E-state index contributed by atoms with van der Waals surface area (Å²) in [7, 11) is 8.67. The van der Waals surface area contributed by atoms with Crippen molar-refractivity contribution in [2.24, 2.45) is 0 Å². The van der Waals surface area contributed by atoms with E-state index in [0.717, 1.165) is 0 Å². The first kappa shape index (κ1) is 18.2. The van der Waals surface area contributed by atoms with Gasteiger partial charge < -0.3 is 0 Å². The van der Waals surface area contributed by atoms with Crippen molar-refractivity contribution < 1.29 is 20.8 Å². The fourth-order valence-corrected chi connectivity index (χ4v) is 3.73. The third-order valence-electron chi connectivity index (χ3n) is 3.74. The van der Waals surface area contributed by atoms with Gasteiger partial charge in [-0.3, -0.25) is 0 Å². The number of rotatable bonds is 2. The van der Waals surface area contributed by atoms with Crippen molar-refractivity contribution in [1.82, 2.24) is 0 Å². The normalized spacial score (nSPS) is 12.4. The predicted octanol–water partition coefficient (Wildman–Crippen LogP) is 5.85. The van der Waals surface area contributed by atoms with Crippen LogP contribution < -0.4 is 5.19 Å². The Morgan fingerprint density at radius 3 is 2.14 bits per heavy atom. The van der Waals surface area contributed by atoms with Crippen molar-refractivity contribution in [3.63, 3.8) is 0 Å². The molecule has 0 heterocycles. The first-order valence-electron chi connectivity index (χ1n) is 7.19. The van der Waals surface area contributed by atoms with Gasteiger partial charge >= 0.3 is 37.9 Å². The molecule has 4 heteroatoms. The van der Waals surface area contributed by atoms with Crippen molar-refractivity contribution in [1.29, 1.82) is 0 Å². The molecule has 0 spiro atoms. The van der Waals surface area contributed by atoms with Crippen molar-refractivity contribution in [3.05, 3.63) is 66.1 Å². The zero-order valence-corrected chi connectivity index (χ0v) is 18.0. The average Bonchev–Trinajstić information content (AvgIpc) is 2.95. The van der Waals surface area contributed by atoms with Gasteiger partial charge in [-0.1, -0.05) is 79.4 Å². The van der Waals surface area contributed by atoms with Crippen LogP contribution >= 0.6 is 17.0 Å². The average molecular weight is 426 g/mol. The van der Waals surface area contributed by atoms with E-state index in [1.807, 2.05) is 0 Å². The summed E-state index contributed by atoms with van der Waals surface area (Å²) in [4.78, 5) is 0. The molecule has 1 radical (unpaired) electrons. The van der Waals surface area contributed by atoms with Crippen LogP contribution in [0.25, 0.3) is 17.2 Å². The minimum absolute atomic E-state index is 0.826. The summed E-state index contributed by atoms with van der Waals surface area (Å²) in [6.07, 6.45) is 6.51. The Labute approximate surface area is 153 Å². The van der Waals surface area contributed by atoms with Crippen molar-refractivity contribution in [2.45, 2.75) is 19.6 Å². The first-order valence-corrected chi connectivity index (χ1v) is 17.0. The standard InChI is InChI=1S/C18H19Si.2ClH.Zr/c1-19(2,3)16-12-10-15(11-13-16)18-9-5-7-14-6-4-8-17(14)18;;;/h4-13H,1-3H3;2*1H;/q;;;+2/p-2. The van der Waals surface area contributed by atoms with E-state index in [0.29, 0.717) is 0 Å². The Kier molecular flexibility index (Phi) is 6.71. The topological polar surface area (TPSA) is 0 Å². The second-order valence-electron chi connectivity index (χ2n) is 6.23. The van der Waals surface area contributed by atoms with E-state index in [4.69, 9.17) is 17.0 Å². The molecule has 2 aromatic carbocycles. The predicted molar refractivity (Wildman–Crippen MR) is 99.0 cm³/mol. The first-order chi connectivity index (χ1) is 10.5. The molecule has 0 nitrogen and oxygen atoms in total. The number of fused-ring (bicyclic) bond motifs is 1. The van der Waals surface area contributed by atoms with Gasteiger partial charge in [-0.15, -0.1) is 0 Å². The number of allylic oxidation sites excluding steroid dienone is 1. The molecule has 0 aliphatic heterocycles. The second kappa shape index (κ2) is 8.11. The van der Waals surface area contributed by atoms with Crippen LogP contribution in [0.4, 0.5) is 0 Å². The van der Waals surface area contributed by atoms with E-state index in [1.165, 1.54) is 27.4 Å². The van der Waals surface area contributed by atoms with E-state index in [2.05, 4.69) is 80.7 Å². The molecule has 1 aliphatic rings. The van der Waals surface area contributed by atoms with Gasteiger partial charge in [0.1, 0.15) is 0 Å². The summed E-state index contributed by atoms with van der Waals surface area (Å²) >= 11 is -0.826. The molecule has 1 aliphatic carbocycles. The van der Waals surface area contributed by atoms with E-state index >= 15 is 0 Å². The number of halogens is 2. The van der Waals surface area contributed by atoms with Crippen LogP contribution in [0.5, 0.6) is 0 Å². The van der Waals surface area contributed by atoms with Gasteiger partial charge in [-0.25, -0.2) is 0 Å². The third kappa shape index (κ3) is 4.45. The summed E-state index contributed by atoms with van der Waals surface area (Å²) in [5.41, 5.74) is 5.33. The molecule has 3 rings (SSSR count). The number of hydrogen-bond acceptors (Lipinski definition) is 0. The minimum atomic E-state index is -1.20. The molecule has 0 N–H and O–H groups in total. The van der Waals surface area contributed by atoms with Crippen LogP contribution in [0.2, 0.25) is 19.6 Å². The summed E-state index contributed by atoms with van der Waals surface area (Å²) in [5, 5.41) is 1.52. The molecule has 0 aromatic heterocycles. The van der Waals surface area contributed by atoms with E-state index in [1.54, 1.807) is 0 Å². The summed E-state index contributed by atoms with van der Waals surface area (Å²) in [5.74, 6) is 0. The maximum atomic E-state index is 4.93. The van der Waals surface area contributed by atoms with Gasteiger partial charge in [-0.2, -0.15) is 0 Å². The van der Waals surface area contributed by atoms with Crippen LogP contribution in [0, 0.1) is 6.42 Å².